The largest absolute Gasteiger partial charge is 0.457 e. The molecule has 0 saturated heterocycles. The van der Waals surface area contributed by atoms with Crippen LogP contribution in [0.25, 0.3) is 22.3 Å². The fraction of sp³-hybridized carbons (Fsp3) is 0.288. The molecule has 0 aliphatic heterocycles. The molecule has 10 heteroatoms. The first kappa shape index (κ1) is 52.7. The maximum atomic E-state index is 13.5. The predicted molar refractivity (Wildman–Crippen MR) is 275 cm³/mol. The van der Waals surface area contributed by atoms with Gasteiger partial charge in [0.25, 0.3) is 0 Å². The zero-order chi connectivity index (χ0) is 50.3. The number of aliphatic hydroxyl groups excluding tert-OH is 1. The van der Waals surface area contributed by atoms with Gasteiger partial charge in [-0.25, -0.2) is 0 Å². The molecule has 10 nitrogen and oxygen atoms in total. The van der Waals surface area contributed by atoms with Gasteiger partial charge >= 0.3 is 5.97 Å². The average molecular weight is 929 g/mol. The summed E-state index contributed by atoms with van der Waals surface area (Å²) in [4.78, 5) is 82.3. The Hall–Kier alpha value is -7.30. The van der Waals surface area contributed by atoms with E-state index in [1.165, 1.54) is 0 Å². The third-order valence-electron chi connectivity index (χ3n) is 11.9. The van der Waals surface area contributed by atoms with Crippen molar-refractivity contribution in [1.29, 1.82) is 0 Å². The Morgan fingerprint density at radius 3 is 1.07 bits per heavy atom. The first-order chi connectivity index (χ1) is 32.9. The van der Waals surface area contributed by atoms with Crippen molar-refractivity contribution in [3.05, 3.63) is 180 Å². The molecule has 0 saturated carbocycles. The molecule has 6 aromatic carbocycles. The van der Waals surface area contributed by atoms with Crippen molar-refractivity contribution in [2.24, 2.45) is 17.8 Å². The topological polar surface area (TPSA) is 138 Å². The lowest BCUT2D eigenvalue weighted by Gasteiger charge is -2.23. The number of hydrogen-bond donors (Lipinski definition) is 1. The zero-order valence-electron chi connectivity index (χ0n) is 41.0. The first-order valence-corrected chi connectivity index (χ1v) is 23.3. The molecule has 0 bridgehead atoms. The maximum Gasteiger partial charge on any atom is 0.306 e. The van der Waals surface area contributed by atoms with E-state index in [1.54, 1.807) is 62.4 Å². The van der Waals surface area contributed by atoms with Crippen molar-refractivity contribution in [3.8, 4) is 22.3 Å². The smallest absolute Gasteiger partial charge is 0.306 e. The Labute approximate surface area is 407 Å². The highest BCUT2D eigenvalue weighted by Gasteiger charge is 2.32. The van der Waals surface area contributed by atoms with Crippen molar-refractivity contribution in [2.75, 3.05) is 44.6 Å². The van der Waals surface area contributed by atoms with Crippen molar-refractivity contribution >= 4 is 46.3 Å². The number of esters is 1. The molecule has 2 unspecified atom stereocenters. The minimum absolute atomic E-state index is 0.00781. The van der Waals surface area contributed by atoms with Gasteiger partial charge in [-0.15, -0.1) is 0 Å². The Bertz CT molecular complexity index is 2660. The molecule has 0 aliphatic carbocycles. The van der Waals surface area contributed by atoms with Gasteiger partial charge < -0.3 is 19.6 Å². The summed E-state index contributed by atoms with van der Waals surface area (Å²) in [5, 5.41) is 9.37. The van der Waals surface area contributed by atoms with Gasteiger partial charge in [-0.05, 0) is 97.5 Å². The van der Waals surface area contributed by atoms with Crippen molar-refractivity contribution in [3.63, 3.8) is 0 Å². The van der Waals surface area contributed by atoms with Gasteiger partial charge in [0.05, 0.1) is 18.4 Å². The van der Waals surface area contributed by atoms with Crippen LogP contribution in [0, 0.1) is 17.8 Å². The normalized spacial score (nSPS) is 11.9. The highest BCUT2D eigenvalue weighted by Crippen LogP contribution is 2.28. The fourth-order valence-electron chi connectivity index (χ4n) is 7.56. The molecule has 0 aliphatic rings. The van der Waals surface area contributed by atoms with E-state index in [9.17, 15) is 33.9 Å². The van der Waals surface area contributed by atoms with Gasteiger partial charge in [0.2, 0.25) is 0 Å². The Balaban J connectivity index is 0.000000258. The highest BCUT2D eigenvalue weighted by molar-refractivity contribution is 6.17. The van der Waals surface area contributed by atoms with Gasteiger partial charge in [0, 0.05) is 80.6 Å². The van der Waals surface area contributed by atoms with E-state index in [0.29, 0.717) is 22.3 Å². The summed E-state index contributed by atoms with van der Waals surface area (Å²) in [6.07, 6.45) is 0.305. The van der Waals surface area contributed by atoms with Gasteiger partial charge in [0.15, 0.2) is 23.1 Å². The maximum absolute atomic E-state index is 13.5. The zero-order valence-corrected chi connectivity index (χ0v) is 41.0. The van der Waals surface area contributed by atoms with Crippen LogP contribution < -0.4 is 9.80 Å². The molecule has 6 rings (SSSR count). The number of carbonyl (C=O) groups excluding carboxylic acids is 6. The highest BCUT2D eigenvalue weighted by atomic mass is 16.6. The van der Waals surface area contributed by atoms with Crippen LogP contribution in [-0.2, 0) is 14.3 Å². The molecule has 0 fully saturated rings. The molecule has 0 heterocycles. The number of Topliss-reactive ketones (excluding diaryl/α,β-unsaturated/α-hetero) is 5. The average Bonchev–Trinajstić information content (AvgIpc) is 3.36. The lowest BCUT2D eigenvalue weighted by molar-refractivity contribution is -0.160. The number of nitrogens with zero attached hydrogens (tertiary/aromatic N) is 2. The van der Waals surface area contributed by atoms with E-state index in [0.717, 1.165) is 33.6 Å². The molecule has 1 N–H and O–H groups in total. The van der Waals surface area contributed by atoms with E-state index in [-0.39, 0.29) is 67.1 Å². The number of rotatable bonds is 21. The van der Waals surface area contributed by atoms with Crippen LogP contribution in [0.15, 0.2) is 158 Å². The van der Waals surface area contributed by atoms with E-state index < -0.39 is 23.4 Å². The van der Waals surface area contributed by atoms with Gasteiger partial charge in [-0.1, -0.05) is 123 Å². The lowest BCUT2D eigenvalue weighted by atomic mass is 9.85. The summed E-state index contributed by atoms with van der Waals surface area (Å²) in [5.74, 6) is -3.73. The third-order valence-corrected chi connectivity index (χ3v) is 11.9. The Morgan fingerprint density at radius 2 is 0.768 bits per heavy atom. The van der Waals surface area contributed by atoms with Gasteiger partial charge in [-0.2, -0.15) is 0 Å². The minimum Gasteiger partial charge on any atom is -0.457 e. The van der Waals surface area contributed by atoms with Gasteiger partial charge in [-0.3, -0.25) is 28.8 Å². The number of aliphatic hydroxyl groups is 1. The Kier molecular flexibility index (Phi) is 18.8. The number of ketones is 5. The van der Waals surface area contributed by atoms with Crippen molar-refractivity contribution < 1.29 is 38.6 Å². The molecule has 358 valence electrons. The molecule has 0 radical (unpaired) electrons. The molecule has 0 amide bonds. The number of hydrogen-bond acceptors (Lipinski definition) is 10. The van der Waals surface area contributed by atoms with Crippen LogP contribution in [0.1, 0.15) is 94.8 Å². The summed E-state index contributed by atoms with van der Waals surface area (Å²) < 4.78 is 5.30. The van der Waals surface area contributed by atoms with E-state index in [4.69, 9.17) is 4.74 Å². The number of benzene rings is 6. The quantitative estimate of drug-likeness (QED) is 0.0422. The third kappa shape index (κ3) is 14.8. The summed E-state index contributed by atoms with van der Waals surface area (Å²) in [5.41, 5.74) is 6.70. The lowest BCUT2D eigenvalue weighted by Crippen LogP contribution is -2.33. The fourth-order valence-corrected chi connectivity index (χ4v) is 7.56. The molecule has 0 spiro atoms. The minimum atomic E-state index is -1.04. The first-order valence-electron chi connectivity index (χ1n) is 23.3. The number of anilines is 2. The van der Waals surface area contributed by atoms with Crippen LogP contribution in [0.5, 0.6) is 0 Å². The summed E-state index contributed by atoms with van der Waals surface area (Å²) in [7, 11) is 7.67. The van der Waals surface area contributed by atoms with Crippen LogP contribution in [0.4, 0.5) is 11.4 Å². The molecular formula is C59H64N2O8. The monoisotopic (exact) mass is 928 g/mol. The van der Waals surface area contributed by atoms with E-state index >= 15 is 0 Å². The van der Waals surface area contributed by atoms with Crippen LogP contribution in [0.2, 0.25) is 0 Å². The second-order valence-corrected chi connectivity index (χ2v) is 18.4. The van der Waals surface area contributed by atoms with Crippen LogP contribution in [0.3, 0.4) is 0 Å². The molecule has 0 aromatic heterocycles. The Morgan fingerprint density at radius 1 is 0.464 bits per heavy atom. The summed E-state index contributed by atoms with van der Waals surface area (Å²) in [6.45, 7) is 6.54. The van der Waals surface area contributed by atoms with Gasteiger partial charge in [0.1, 0.15) is 11.4 Å². The SMILES string of the molecule is CC(C)C(=O)CCC(C(=O)c1ccc(-c2ccccc2)cc1)C(=O)c1ccc(N(C)C)cc1.CN(C)c1ccc(C(=O)C(CCC(=O)OC(C)(C)CO)C(=O)c2ccc(-c3ccccc3)cc2)cc1. The molecule has 6 aromatic rings. The van der Waals surface area contributed by atoms with E-state index in [1.807, 2.05) is 161 Å². The molecule has 69 heavy (non-hydrogen) atoms. The summed E-state index contributed by atoms with van der Waals surface area (Å²) in [6, 6.07) is 48.5. The van der Waals surface area contributed by atoms with Crippen molar-refractivity contribution in [2.45, 2.75) is 59.0 Å². The molecule has 2 atom stereocenters. The number of ether oxygens (including phenoxy) is 1. The van der Waals surface area contributed by atoms with E-state index in [2.05, 4.69) is 0 Å². The van der Waals surface area contributed by atoms with Crippen LogP contribution in [-0.4, -0.2) is 80.4 Å². The predicted octanol–water partition coefficient (Wildman–Crippen LogP) is 11.3. The summed E-state index contributed by atoms with van der Waals surface area (Å²) >= 11 is 0. The van der Waals surface area contributed by atoms with Crippen LogP contribution >= 0.6 is 0 Å². The second kappa shape index (κ2) is 24.6. The molecular weight excluding hydrogens is 865 g/mol. The number of carbonyl (C=O) groups is 6. The standard InChI is InChI=1S/C30H33NO5.C29H31NO3/c1-30(2,20-32)36-27(33)19-18-26(29(35)24-14-16-25(17-15-24)31(3)4)28(34)23-12-10-22(11-13-23)21-8-6-5-7-9-21;1-20(2)27(31)19-18-26(29(33)24-14-16-25(17-15-24)30(3)4)28(32)23-12-10-22(11-13-23)21-8-6-5-7-9-21/h5-17,26,32H,18-20H2,1-4H3;5-17,20,26H,18-19H2,1-4H3. The van der Waals surface area contributed by atoms with Crippen molar-refractivity contribution in [1.82, 2.24) is 0 Å². The second-order valence-electron chi connectivity index (χ2n) is 18.4.